The van der Waals surface area contributed by atoms with E-state index in [-0.39, 0.29) is 6.10 Å². The number of ether oxygens (including phenoxy) is 1. The van der Waals surface area contributed by atoms with E-state index in [9.17, 15) is 22.8 Å². The molecule has 1 aliphatic rings. The molecule has 1 saturated carbocycles. The van der Waals surface area contributed by atoms with Crippen LogP contribution in [0.4, 0.5) is 13.2 Å². The molecule has 2 rings (SSSR count). The molecule has 1 fully saturated rings. The van der Waals surface area contributed by atoms with E-state index in [1.165, 1.54) is 0 Å². The fourth-order valence-electron chi connectivity index (χ4n) is 2.19. The summed E-state index contributed by atoms with van der Waals surface area (Å²) in [6.07, 6.45) is -0.609. The van der Waals surface area contributed by atoms with Crippen LogP contribution < -0.4 is 5.56 Å². The van der Waals surface area contributed by atoms with Crippen molar-refractivity contribution in [3.05, 3.63) is 34.2 Å². The monoisotopic (exact) mass is 289 g/mol. The quantitative estimate of drug-likeness (QED) is 0.803. The summed E-state index contributed by atoms with van der Waals surface area (Å²) in [6.45, 7) is -0.501. The van der Waals surface area contributed by atoms with Gasteiger partial charge >= 0.3 is 12.1 Å². The van der Waals surface area contributed by atoms with Crippen LogP contribution >= 0.6 is 0 Å². The number of carbonyl (C=O) groups is 1. The van der Waals surface area contributed by atoms with Gasteiger partial charge in [-0.3, -0.25) is 9.59 Å². The zero-order chi connectivity index (χ0) is 14.8. The van der Waals surface area contributed by atoms with Crippen LogP contribution in [0.3, 0.4) is 0 Å². The van der Waals surface area contributed by atoms with Gasteiger partial charge in [0.1, 0.15) is 12.6 Å². The first-order chi connectivity index (χ1) is 9.36. The van der Waals surface area contributed by atoms with Crippen molar-refractivity contribution in [1.82, 2.24) is 4.57 Å². The summed E-state index contributed by atoms with van der Waals surface area (Å²) in [5.41, 5.74) is -1.63. The molecule has 0 atom stereocenters. The van der Waals surface area contributed by atoms with Crippen LogP contribution in [0.2, 0.25) is 0 Å². The Hall–Kier alpha value is -1.79. The summed E-state index contributed by atoms with van der Waals surface area (Å²) in [6, 6.07) is 1.49. The van der Waals surface area contributed by atoms with Gasteiger partial charge < -0.3 is 9.30 Å². The minimum Gasteiger partial charge on any atom is -0.461 e. The molecule has 110 valence electrons. The number of carbonyl (C=O) groups excluding carboxylic acids is 1. The average molecular weight is 289 g/mol. The molecule has 0 saturated heterocycles. The maximum Gasteiger partial charge on any atom is 0.417 e. The lowest BCUT2D eigenvalue weighted by molar-refractivity contribution is -0.150. The van der Waals surface area contributed by atoms with Crippen molar-refractivity contribution in [2.24, 2.45) is 0 Å². The van der Waals surface area contributed by atoms with Crippen LogP contribution in [0.5, 0.6) is 0 Å². The smallest absolute Gasteiger partial charge is 0.417 e. The second-order valence-corrected chi connectivity index (χ2v) is 4.78. The first-order valence-corrected chi connectivity index (χ1v) is 6.33. The molecule has 20 heavy (non-hydrogen) atoms. The number of hydrogen-bond acceptors (Lipinski definition) is 3. The zero-order valence-electron chi connectivity index (χ0n) is 10.7. The van der Waals surface area contributed by atoms with E-state index in [0.717, 1.165) is 36.3 Å². The molecule has 1 aliphatic carbocycles. The highest BCUT2D eigenvalue weighted by Gasteiger charge is 2.31. The van der Waals surface area contributed by atoms with Gasteiger partial charge in [0.15, 0.2) is 0 Å². The average Bonchev–Trinajstić information content (AvgIpc) is 2.83. The molecule has 0 spiro atoms. The van der Waals surface area contributed by atoms with Gasteiger partial charge in [0.25, 0.3) is 5.56 Å². The Labute approximate surface area is 113 Å². The lowest BCUT2D eigenvalue weighted by Gasteiger charge is -2.13. The summed E-state index contributed by atoms with van der Waals surface area (Å²) in [5, 5.41) is 0. The third-order valence-corrected chi connectivity index (χ3v) is 3.21. The van der Waals surface area contributed by atoms with Crippen molar-refractivity contribution in [3.63, 3.8) is 0 Å². The van der Waals surface area contributed by atoms with E-state index in [4.69, 9.17) is 4.74 Å². The Morgan fingerprint density at radius 3 is 2.55 bits per heavy atom. The maximum absolute atomic E-state index is 12.5. The van der Waals surface area contributed by atoms with E-state index in [0.29, 0.717) is 12.3 Å². The van der Waals surface area contributed by atoms with Gasteiger partial charge in [-0.05, 0) is 31.7 Å². The molecule has 0 aliphatic heterocycles. The number of alkyl halides is 3. The molecular weight excluding hydrogens is 275 g/mol. The number of aromatic nitrogens is 1. The topological polar surface area (TPSA) is 48.3 Å². The Morgan fingerprint density at radius 1 is 1.30 bits per heavy atom. The Morgan fingerprint density at radius 2 is 1.95 bits per heavy atom. The molecule has 1 heterocycles. The first-order valence-electron chi connectivity index (χ1n) is 6.33. The molecule has 4 nitrogen and oxygen atoms in total. The fraction of sp³-hybridized carbons (Fsp3) is 0.538. The number of hydrogen-bond donors (Lipinski definition) is 0. The van der Waals surface area contributed by atoms with Crippen LogP contribution in [0, 0.1) is 0 Å². The number of halogens is 3. The number of esters is 1. The van der Waals surface area contributed by atoms with E-state index in [2.05, 4.69) is 0 Å². The molecule has 0 aromatic carbocycles. The normalized spacial score (nSPS) is 16.4. The van der Waals surface area contributed by atoms with Crippen molar-refractivity contribution in [3.8, 4) is 0 Å². The van der Waals surface area contributed by atoms with Crippen molar-refractivity contribution in [1.29, 1.82) is 0 Å². The number of pyridine rings is 1. The largest absolute Gasteiger partial charge is 0.461 e. The Balaban J connectivity index is 2.08. The molecule has 7 heteroatoms. The van der Waals surface area contributed by atoms with Gasteiger partial charge in [-0.15, -0.1) is 0 Å². The fourth-order valence-corrected chi connectivity index (χ4v) is 2.19. The molecular formula is C13H14F3NO3. The van der Waals surface area contributed by atoms with Crippen molar-refractivity contribution in [2.45, 2.75) is 44.5 Å². The maximum atomic E-state index is 12.5. The summed E-state index contributed by atoms with van der Waals surface area (Å²) >= 11 is 0. The molecule has 0 unspecified atom stereocenters. The predicted molar refractivity (Wildman–Crippen MR) is 64.1 cm³/mol. The number of rotatable bonds is 3. The highest BCUT2D eigenvalue weighted by Crippen LogP contribution is 2.28. The van der Waals surface area contributed by atoms with E-state index in [1.807, 2.05) is 0 Å². The van der Waals surface area contributed by atoms with Crippen LogP contribution in [-0.2, 0) is 22.3 Å². The standard InChI is InChI=1S/C13H14F3NO3/c14-13(15,16)9-5-6-11(18)17(7-9)8-12(19)20-10-3-1-2-4-10/h5-7,10H,1-4,8H2. The summed E-state index contributed by atoms with van der Waals surface area (Å²) in [5.74, 6) is -0.682. The number of nitrogens with zero attached hydrogens (tertiary/aromatic N) is 1. The molecule has 0 radical (unpaired) electrons. The van der Waals surface area contributed by atoms with Crippen LogP contribution in [0.25, 0.3) is 0 Å². The lowest BCUT2D eigenvalue weighted by atomic mass is 10.3. The van der Waals surface area contributed by atoms with Gasteiger partial charge in [0, 0.05) is 12.3 Å². The third-order valence-electron chi connectivity index (χ3n) is 3.21. The molecule has 1 aromatic heterocycles. The highest BCUT2D eigenvalue weighted by atomic mass is 19.4. The minimum absolute atomic E-state index is 0.177. The van der Waals surface area contributed by atoms with Crippen molar-refractivity contribution < 1.29 is 22.7 Å². The van der Waals surface area contributed by atoms with Gasteiger partial charge in [-0.1, -0.05) is 0 Å². The van der Waals surface area contributed by atoms with Crippen LogP contribution in [0.15, 0.2) is 23.1 Å². The third kappa shape index (κ3) is 3.61. The Bertz CT molecular complexity index is 545. The van der Waals surface area contributed by atoms with Gasteiger partial charge in [-0.25, -0.2) is 0 Å². The molecule has 1 aromatic rings. The van der Waals surface area contributed by atoms with Gasteiger partial charge in [0.2, 0.25) is 0 Å². The van der Waals surface area contributed by atoms with Crippen molar-refractivity contribution >= 4 is 5.97 Å². The zero-order valence-corrected chi connectivity index (χ0v) is 10.7. The SMILES string of the molecule is O=C(Cn1cc(C(F)(F)F)ccc1=O)OC1CCCC1. The minimum atomic E-state index is -4.55. The van der Waals surface area contributed by atoms with Gasteiger partial charge in [0.05, 0.1) is 5.56 Å². The highest BCUT2D eigenvalue weighted by molar-refractivity contribution is 5.69. The summed E-state index contributed by atoms with van der Waals surface area (Å²) in [4.78, 5) is 23.1. The second kappa shape index (κ2) is 5.68. The summed E-state index contributed by atoms with van der Waals surface area (Å²) < 4.78 is 43.4. The van der Waals surface area contributed by atoms with Gasteiger partial charge in [-0.2, -0.15) is 13.2 Å². The summed E-state index contributed by atoms with van der Waals surface area (Å²) in [7, 11) is 0. The first kappa shape index (κ1) is 14.6. The van der Waals surface area contributed by atoms with Crippen LogP contribution in [0.1, 0.15) is 31.2 Å². The molecule has 0 N–H and O–H groups in total. The van der Waals surface area contributed by atoms with E-state index < -0.39 is 29.8 Å². The second-order valence-electron chi connectivity index (χ2n) is 4.78. The lowest BCUT2D eigenvalue weighted by Crippen LogP contribution is -2.27. The predicted octanol–water partition coefficient (Wildman–Crippen LogP) is 2.35. The van der Waals surface area contributed by atoms with Crippen molar-refractivity contribution in [2.75, 3.05) is 0 Å². The Kier molecular flexibility index (Phi) is 4.15. The molecule has 0 amide bonds. The van der Waals surface area contributed by atoms with E-state index >= 15 is 0 Å². The molecule has 0 bridgehead atoms. The van der Waals surface area contributed by atoms with E-state index in [1.54, 1.807) is 0 Å². The van der Waals surface area contributed by atoms with Crippen LogP contribution in [-0.4, -0.2) is 16.6 Å².